The smallest absolute Gasteiger partial charge is 0.124 e. The number of hydrogen-bond acceptors (Lipinski definition) is 3. The number of H-pyrrole nitrogens is 2. The van der Waals surface area contributed by atoms with Crippen molar-refractivity contribution in [1.29, 1.82) is 0 Å². The minimum absolute atomic E-state index is 0.0487. The summed E-state index contributed by atoms with van der Waals surface area (Å²) < 4.78 is 0. The number of nitrogens with zero attached hydrogens (tertiary/aromatic N) is 2. The first kappa shape index (κ1) is 21.0. The van der Waals surface area contributed by atoms with Gasteiger partial charge >= 0.3 is 0 Å². The second kappa shape index (κ2) is 8.91. The second-order valence-electron chi connectivity index (χ2n) is 9.12. The van der Waals surface area contributed by atoms with E-state index in [0.29, 0.717) is 0 Å². The Morgan fingerprint density at radius 1 is 1.00 bits per heavy atom. The van der Waals surface area contributed by atoms with Crippen LogP contribution in [0.1, 0.15) is 75.5 Å². The van der Waals surface area contributed by atoms with Gasteiger partial charge in [-0.3, -0.25) is 10.3 Å². The zero-order chi connectivity index (χ0) is 22.0. The van der Waals surface area contributed by atoms with Crippen LogP contribution < -0.4 is 5.32 Å². The molecule has 3 aromatic heterocycles. The Labute approximate surface area is 190 Å². The highest BCUT2D eigenvalue weighted by Gasteiger charge is 2.42. The number of benzene rings is 1. The summed E-state index contributed by atoms with van der Waals surface area (Å²) in [6, 6.07) is 12.9. The third-order valence-electron chi connectivity index (χ3n) is 6.97. The van der Waals surface area contributed by atoms with E-state index in [0.717, 1.165) is 36.3 Å². The Kier molecular flexibility index (Phi) is 5.83. The number of para-hydroxylation sites is 1. The van der Waals surface area contributed by atoms with E-state index in [1.165, 1.54) is 47.8 Å². The molecule has 4 heterocycles. The van der Waals surface area contributed by atoms with Crippen molar-refractivity contribution in [2.75, 3.05) is 0 Å². The monoisotopic (exact) mass is 427 g/mol. The van der Waals surface area contributed by atoms with Crippen LogP contribution in [-0.2, 0) is 12.0 Å². The Bertz CT molecular complexity index is 1170. The summed E-state index contributed by atoms with van der Waals surface area (Å²) in [5.74, 6) is 1.02. The molecule has 0 aliphatic carbocycles. The summed E-state index contributed by atoms with van der Waals surface area (Å²) in [4.78, 5) is 16.5. The van der Waals surface area contributed by atoms with Crippen molar-refractivity contribution < 1.29 is 0 Å². The van der Waals surface area contributed by atoms with Crippen molar-refractivity contribution in [3.05, 3.63) is 72.1 Å². The zero-order valence-electron chi connectivity index (χ0n) is 19.1. The van der Waals surface area contributed by atoms with E-state index in [9.17, 15) is 0 Å². The van der Waals surface area contributed by atoms with Crippen molar-refractivity contribution >= 4 is 10.9 Å². The summed E-state index contributed by atoms with van der Waals surface area (Å²) in [6.07, 6.45) is 13.7. The standard InChI is InChI=1S/C27H33N5/c1-3-5-13-27(14-6-4-2)25-21(20-9-7-8-10-22(20)30-25)17-23(32-27)26-29-18-24(31-26)19-11-15-28-16-12-19/h7-12,15-16,18,23,30,32H,3-6,13-14,17H2,1-2H3,(H,29,31)/t23-/m1/s1. The summed E-state index contributed by atoms with van der Waals surface area (Å²) in [7, 11) is 0. The lowest BCUT2D eigenvalue weighted by Crippen LogP contribution is -2.49. The molecule has 1 atom stereocenters. The number of pyridine rings is 1. The van der Waals surface area contributed by atoms with E-state index in [1.807, 2.05) is 30.7 Å². The normalized spacial score (nSPS) is 17.5. The van der Waals surface area contributed by atoms with E-state index in [2.05, 4.69) is 58.4 Å². The highest BCUT2D eigenvalue weighted by Crippen LogP contribution is 2.44. The second-order valence-corrected chi connectivity index (χ2v) is 9.12. The largest absolute Gasteiger partial charge is 0.357 e. The first-order valence-corrected chi connectivity index (χ1v) is 12.1. The summed E-state index contributed by atoms with van der Waals surface area (Å²) in [5, 5.41) is 5.45. The van der Waals surface area contributed by atoms with Crippen molar-refractivity contribution in [3.8, 4) is 11.3 Å². The summed E-state index contributed by atoms with van der Waals surface area (Å²) in [5.41, 5.74) is 6.12. The molecule has 166 valence electrons. The van der Waals surface area contributed by atoms with Gasteiger partial charge in [0.1, 0.15) is 5.82 Å². The molecule has 0 saturated heterocycles. The van der Waals surface area contributed by atoms with Crippen LogP contribution >= 0.6 is 0 Å². The highest BCUT2D eigenvalue weighted by molar-refractivity contribution is 5.85. The lowest BCUT2D eigenvalue weighted by atomic mass is 9.77. The molecule has 1 aliphatic heterocycles. The summed E-state index contributed by atoms with van der Waals surface area (Å²) in [6.45, 7) is 4.57. The number of nitrogens with one attached hydrogen (secondary N) is 3. The lowest BCUT2D eigenvalue weighted by Gasteiger charge is -2.42. The van der Waals surface area contributed by atoms with Gasteiger partial charge in [0.15, 0.2) is 0 Å². The van der Waals surface area contributed by atoms with Crippen molar-refractivity contribution in [2.45, 2.75) is 70.4 Å². The van der Waals surface area contributed by atoms with Crippen molar-refractivity contribution in [2.24, 2.45) is 0 Å². The maximum Gasteiger partial charge on any atom is 0.124 e. The average molecular weight is 428 g/mol. The number of rotatable bonds is 8. The Morgan fingerprint density at radius 3 is 2.50 bits per heavy atom. The van der Waals surface area contributed by atoms with Gasteiger partial charge in [0, 0.05) is 40.8 Å². The Hall–Kier alpha value is -2.92. The molecule has 1 aliphatic rings. The molecule has 4 aromatic rings. The van der Waals surface area contributed by atoms with E-state index in [-0.39, 0.29) is 11.6 Å². The molecule has 0 spiro atoms. The minimum atomic E-state index is -0.0487. The van der Waals surface area contributed by atoms with Crippen LogP contribution in [0.25, 0.3) is 22.2 Å². The maximum atomic E-state index is 5.01. The maximum absolute atomic E-state index is 5.01. The van der Waals surface area contributed by atoms with Gasteiger partial charge in [-0.05, 0) is 43.0 Å². The first-order chi connectivity index (χ1) is 15.7. The molecule has 0 unspecified atom stereocenters. The first-order valence-electron chi connectivity index (χ1n) is 12.1. The molecular weight excluding hydrogens is 394 g/mol. The van der Waals surface area contributed by atoms with Gasteiger partial charge in [-0.2, -0.15) is 0 Å². The molecule has 32 heavy (non-hydrogen) atoms. The summed E-state index contributed by atoms with van der Waals surface area (Å²) >= 11 is 0. The fraction of sp³-hybridized carbons (Fsp3) is 0.407. The highest BCUT2D eigenvalue weighted by atomic mass is 15.1. The van der Waals surface area contributed by atoms with Gasteiger partial charge in [-0.1, -0.05) is 57.7 Å². The van der Waals surface area contributed by atoms with Crippen LogP contribution in [-0.4, -0.2) is 19.9 Å². The number of aromatic nitrogens is 4. The van der Waals surface area contributed by atoms with Gasteiger partial charge < -0.3 is 9.97 Å². The van der Waals surface area contributed by atoms with Crippen molar-refractivity contribution in [3.63, 3.8) is 0 Å². The third-order valence-corrected chi connectivity index (χ3v) is 6.97. The van der Waals surface area contributed by atoms with E-state index >= 15 is 0 Å². The van der Waals surface area contributed by atoms with Gasteiger partial charge in [0.25, 0.3) is 0 Å². The van der Waals surface area contributed by atoms with Gasteiger partial charge in [-0.15, -0.1) is 0 Å². The van der Waals surface area contributed by atoms with E-state index in [4.69, 9.17) is 4.98 Å². The SMILES string of the molecule is CCCCC1(CCCC)N[C@@H](c2nc(-c3ccncc3)c[nH]2)Cc2c1[nH]c1ccccc21. The lowest BCUT2D eigenvalue weighted by molar-refractivity contribution is 0.211. The van der Waals surface area contributed by atoms with Crippen LogP contribution in [0.4, 0.5) is 0 Å². The predicted octanol–water partition coefficient (Wildman–Crippen LogP) is 6.42. The molecule has 5 heteroatoms. The van der Waals surface area contributed by atoms with Crippen molar-refractivity contribution in [1.82, 2.24) is 25.3 Å². The molecule has 5 nitrogen and oxygen atoms in total. The number of unbranched alkanes of at least 4 members (excludes halogenated alkanes) is 2. The number of hydrogen-bond donors (Lipinski definition) is 3. The van der Waals surface area contributed by atoms with Crippen LogP contribution in [0.15, 0.2) is 55.0 Å². The number of imidazole rings is 1. The third kappa shape index (κ3) is 3.75. The van der Waals surface area contributed by atoms with E-state index in [1.54, 1.807) is 0 Å². The molecule has 5 rings (SSSR count). The topological polar surface area (TPSA) is 69.4 Å². The average Bonchev–Trinajstić information content (AvgIpc) is 3.48. The molecule has 0 fully saturated rings. The van der Waals surface area contributed by atoms with Crippen LogP contribution in [0.2, 0.25) is 0 Å². The number of aromatic amines is 2. The van der Waals surface area contributed by atoms with Crippen LogP contribution in [0.5, 0.6) is 0 Å². The van der Waals surface area contributed by atoms with Crippen LogP contribution in [0.3, 0.4) is 0 Å². The minimum Gasteiger partial charge on any atom is -0.357 e. The van der Waals surface area contributed by atoms with E-state index < -0.39 is 0 Å². The molecule has 0 radical (unpaired) electrons. The number of fused-ring (bicyclic) bond motifs is 3. The fourth-order valence-electron chi connectivity index (χ4n) is 5.31. The van der Waals surface area contributed by atoms with Gasteiger partial charge in [-0.25, -0.2) is 4.98 Å². The molecule has 0 bridgehead atoms. The quantitative estimate of drug-likeness (QED) is 0.304. The van der Waals surface area contributed by atoms with Gasteiger partial charge in [0.2, 0.25) is 0 Å². The fourth-order valence-corrected chi connectivity index (χ4v) is 5.31. The Morgan fingerprint density at radius 2 is 1.75 bits per heavy atom. The molecule has 0 amide bonds. The molecule has 1 aromatic carbocycles. The Balaban J connectivity index is 1.58. The molecular formula is C27H33N5. The molecule has 3 N–H and O–H groups in total. The predicted molar refractivity (Wildman–Crippen MR) is 130 cm³/mol. The van der Waals surface area contributed by atoms with Crippen LogP contribution in [0, 0.1) is 0 Å². The zero-order valence-corrected chi connectivity index (χ0v) is 19.1. The van der Waals surface area contributed by atoms with Gasteiger partial charge in [0.05, 0.1) is 17.3 Å². The molecule has 0 saturated carbocycles.